The topological polar surface area (TPSA) is 99.4 Å². The lowest BCUT2D eigenvalue weighted by Crippen LogP contribution is -2.59. The van der Waals surface area contributed by atoms with Gasteiger partial charge in [-0.15, -0.1) is 0 Å². The number of hydrogen-bond acceptors (Lipinski definition) is 6. The molecular weight excluding hydrogens is 388 g/mol. The van der Waals surface area contributed by atoms with Crippen molar-refractivity contribution in [1.29, 1.82) is 0 Å². The molecule has 1 saturated heterocycles. The lowest BCUT2D eigenvalue weighted by Gasteiger charge is -2.40. The number of rotatable bonds is 16. The molecule has 0 spiro atoms. The van der Waals surface area contributed by atoms with Gasteiger partial charge in [-0.3, -0.25) is 0 Å². The van der Waals surface area contributed by atoms with Gasteiger partial charge in [-0.2, -0.15) is 0 Å². The second kappa shape index (κ2) is 14.9. The number of ether oxygens (including phenoxy) is 2. The van der Waals surface area contributed by atoms with Gasteiger partial charge in [0, 0.05) is 14.7 Å². The molecule has 0 aromatic heterocycles. The zero-order chi connectivity index (χ0) is 21.7. The highest BCUT2D eigenvalue weighted by Gasteiger charge is 2.44. The Morgan fingerprint density at radius 2 is 1.34 bits per heavy atom. The molecule has 1 fully saturated rings. The summed E-state index contributed by atoms with van der Waals surface area (Å²) in [7, 11) is -1.39. The fourth-order valence-corrected chi connectivity index (χ4v) is 6.07. The van der Waals surface area contributed by atoms with E-state index < -0.39 is 45.4 Å². The molecule has 0 radical (unpaired) electrons. The Kier molecular flexibility index (Phi) is 13.9. The van der Waals surface area contributed by atoms with Crippen LogP contribution in [0, 0.1) is 0 Å². The van der Waals surface area contributed by atoms with E-state index in [-0.39, 0.29) is 0 Å². The summed E-state index contributed by atoms with van der Waals surface area (Å²) in [5.41, 5.74) is 0. The largest absolute Gasteiger partial charge is 0.394 e. The number of aliphatic hydroxyl groups excluding tert-OH is 4. The van der Waals surface area contributed by atoms with Crippen molar-refractivity contribution in [3.63, 3.8) is 0 Å². The van der Waals surface area contributed by atoms with E-state index >= 15 is 0 Å². The summed E-state index contributed by atoms with van der Waals surface area (Å²) in [4.78, 5) is 0. The van der Waals surface area contributed by atoms with Crippen molar-refractivity contribution in [3.8, 4) is 0 Å². The molecule has 7 heteroatoms. The van der Waals surface area contributed by atoms with Crippen LogP contribution in [0.25, 0.3) is 0 Å². The Hall–Kier alpha value is -0.0231. The molecule has 0 aromatic rings. The van der Waals surface area contributed by atoms with Crippen LogP contribution in [0.15, 0.2) is 0 Å². The maximum absolute atomic E-state index is 10.1. The van der Waals surface area contributed by atoms with Gasteiger partial charge in [-0.05, 0) is 6.04 Å². The third kappa shape index (κ3) is 10.7. The van der Waals surface area contributed by atoms with E-state index in [4.69, 9.17) is 14.6 Å². The van der Waals surface area contributed by atoms with Crippen LogP contribution in [0.1, 0.15) is 71.1 Å². The van der Waals surface area contributed by atoms with E-state index in [1.54, 1.807) is 0 Å². The standard InChI is InChI=1S/C22H46O6Si/c1-4-5-6-7-8-9-10-11-12-13-15-29(2,3)16-14-27-21-20(25)19(24)18(17-23)28-22(21)26/h18-26H,4-17H2,1-3H3/t18-,19+,20+,21-,22-/m1/s1. The van der Waals surface area contributed by atoms with Crippen LogP contribution in [-0.4, -0.2) is 72.4 Å². The van der Waals surface area contributed by atoms with E-state index in [0.29, 0.717) is 6.61 Å². The molecule has 5 atom stereocenters. The van der Waals surface area contributed by atoms with Gasteiger partial charge in [-0.1, -0.05) is 90.3 Å². The number of hydrogen-bond donors (Lipinski definition) is 4. The first kappa shape index (κ1) is 27.0. The molecule has 1 aliphatic heterocycles. The highest BCUT2D eigenvalue weighted by atomic mass is 28.3. The molecule has 0 bridgehead atoms. The first-order valence-electron chi connectivity index (χ1n) is 11.7. The second-order valence-corrected chi connectivity index (χ2v) is 14.7. The van der Waals surface area contributed by atoms with Crippen molar-refractivity contribution in [1.82, 2.24) is 0 Å². The highest BCUT2D eigenvalue weighted by Crippen LogP contribution is 2.25. The predicted molar refractivity (Wildman–Crippen MR) is 119 cm³/mol. The zero-order valence-corrected chi connectivity index (χ0v) is 19.9. The van der Waals surface area contributed by atoms with Gasteiger partial charge in [-0.25, -0.2) is 0 Å². The Labute approximate surface area is 178 Å². The SMILES string of the molecule is CCCCCCCCCCCC[Si](C)(C)CCO[C@@H]1[C@@H](O)[C@@H](O)[C@@H](CO)O[C@H]1O. The molecular formula is C22H46O6Si. The summed E-state index contributed by atoms with van der Waals surface area (Å²) >= 11 is 0. The molecule has 29 heavy (non-hydrogen) atoms. The van der Waals surface area contributed by atoms with Crippen LogP contribution in [-0.2, 0) is 9.47 Å². The fraction of sp³-hybridized carbons (Fsp3) is 1.00. The highest BCUT2D eigenvalue weighted by molar-refractivity contribution is 6.77. The molecule has 0 unspecified atom stereocenters. The normalized spacial score (nSPS) is 28.0. The smallest absolute Gasteiger partial charge is 0.184 e. The van der Waals surface area contributed by atoms with Gasteiger partial charge in [0.15, 0.2) is 6.29 Å². The Morgan fingerprint density at radius 3 is 1.90 bits per heavy atom. The van der Waals surface area contributed by atoms with E-state index in [1.165, 1.54) is 70.3 Å². The van der Waals surface area contributed by atoms with E-state index in [9.17, 15) is 15.3 Å². The minimum Gasteiger partial charge on any atom is -0.394 e. The quantitative estimate of drug-likeness (QED) is 0.219. The third-order valence-corrected chi connectivity index (χ3v) is 9.40. The van der Waals surface area contributed by atoms with Crippen LogP contribution in [0.2, 0.25) is 25.2 Å². The van der Waals surface area contributed by atoms with Crippen LogP contribution >= 0.6 is 0 Å². The first-order valence-corrected chi connectivity index (χ1v) is 15.2. The summed E-state index contributed by atoms with van der Waals surface area (Å²) in [6, 6.07) is 2.20. The summed E-state index contributed by atoms with van der Waals surface area (Å²) in [5, 5.41) is 39.1. The molecule has 0 aromatic carbocycles. The predicted octanol–water partition coefficient (Wildman–Crippen LogP) is 3.43. The summed E-state index contributed by atoms with van der Waals surface area (Å²) in [6.07, 6.45) is 7.65. The van der Waals surface area contributed by atoms with E-state index in [2.05, 4.69) is 20.0 Å². The molecule has 1 aliphatic rings. The molecule has 0 amide bonds. The molecule has 6 nitrogen and oxygen atoms in total. The van der Waals surface area contributed by atoms with Gasteiger partial charge in [0.1, 0.15) is 24.4 Å². The molecule has 174 valence electrons. The third-order valence-electron chi connectivity index (χ3n) is 6.14. The first-order chi connectivity index (χ1) is 13.8. The molecule has 4 N–H and O–H groups in total. The van der Waals surface area contributed by atoms with Gasteiger partial charge in [0.25, 0.3) is 0 Å². The molecule has 1 rings (SSSR count). The Morgan fingerprint density at radius 1 is 0.793 bits per heavy atom. The number of unbranched alkanes of at least 4 members (excludes halogenated alkanes) is 9. The molecule has 0 aliphatic carbocycles. The van der Waals surface area contributed by atoms with Crippen molar-refractivity contribution in [2.45, 2.75) is 127 Å². The van der Waals surface area contributed by atoms with Crippen molar-refractivity contribution in [2.24, 2.45) is 0 Å². The van der Waals surface area contributed by atoms with Crippen LogP contribution < -0.4 is 0 Å². The average Bonchev–Trinajstić information content (AvgIpc) is 2.68. The van der Waals surface area contributed by atoms with Crippen LogP contribution in [0.4, 0.5) is 0 Å². The fourth-order valence-electron chi connectivity index (χ4n) is 3.94. The maximum Gasteiger partial charge on any atom is 0.184 e. The van der Waals surface area contributed by atoms with E-state index in [1.807, 2.05) is 0 Å². The van der Waals surface area contributed by atoms with Crippen molar-refractivity contribution in [2.75, 3.05) is 13.2 Å². The van der Waals surface area contributed by atoms with E-state index in [0.717, 1.165) is 6.04 Å². The Balaban J connectivity index is 2.13. The lowest BCUT2D eigenvalue weighted by atomic mass is 9.99. The van der Waals surface area contributed by atoms with Crippen molar-refractivity contribution >= 4 is 8.07 Å². The van der Waals surface area contributed by atoms with Gasteiger partial charge < -0.3 is 29.9 Å². The number of aliphatic hydroxyl groups is 4. The van der Waals surface area contributed by atoms with Crippen LogP contribution in [0.5, 0.6) is 0 Å². The molecule has 0 saturated carbocycles. The van der Waals surface area contributed by atoms with Crippen molar-refractivity contribution < 1.29 is 29.9 Å². The minimum atomic E-state index is -1.39. The second-order valence-electron chi connectivity index (χ2n) is 9.41. The Bertz CT molecular complexity index is 409. The zero-order valence-electron chi connectivity index (χ0n) is 18.9. The lowest BCUT2D eigenvalue weighted by molar-refractivity contribution is -0.295. The van der Waals surface area contributed by atoms with Gasteiger partial charge >= 0.3 is 0 Å². The summed E-state index contributed by atoms with van der Waals surface area (Å²) in [6.45, 7) is 6.94. The molecule has 1 heterocycles. The van der Waals surface area contributed by atoms with Gasteiger partial charge in [0.2, 0.25) is 0 Å². The van der Waals surface area contributed by atoms with Crippen molar-refractivity contribution in [3.05, 3.63) is 0 Å². The van der Waals surface area contributed by atoms with Gasteiger partial charge in [0.05, 0.1) is 6.61 Å². The van der Waals surface area contributed by atoms with Crippen LogP contribution in [0.3, 0.4) is 0 Å². The maximum atomic E-state index is 10.1. The monoisotopic (exact) mass is 434 g/mol. The minimum absolute atomic E-state index is 0.440. The summed E-state index contributed by atoms with van der Waals surface area (Å²) in [5.74, 6) is 0. The average molecular weight is 435 g/mol. The summed E-state index contributed by atoms with van der Waals surface area (Å²) < 4.78 is 10.8.